The predicted octanol–water partition coefficient (Wildman–Crippen LogP) is 6.69. The van der Waals surface area contributed by atoms with Crippen molar-refractivity contribution in [2.45, 2.75) is 0 Å². The van der Waals surface area contributed by atoms with Gasteiger partial charge in [-0.3, -0.25) is 4.98 Å². The van der Waals surface area contributed by atoms with E-state index in [0.29, 0.717) is 0 Å². The van der Waals surface area contributed by atoms with Crippen LogP contribution in [-0.2, 0) is 17.1 Å². The Bertz CT molecular complexity index is 1040. The molecule has 0 atom stereocenters. The van der Waals surface area contributed by atoms with Crippen molar-refractivity contribution in [1.29, 1.82) is 0 Å². The fourth-order valence-electron chi connectivity index (χ4n) is 2.96. The second-order valence-electron chi connectivity index (χ2n) is 6.11. The van der Waals surface area contributed by atoms with Crippen molar-refractivity contribution in [3.8, 4) is 22.4 Å². The van der Waals surface area contributed by atoms with Crippen molar-refractivity contribution >= 4 is 10.9 Å². The summed E-state index contributed by atoms with van der Waals surface area (Å²) in [4.78, 5) is 4.75. The molecule has 4 aromatic carbocycles. The number of aromatic nitrogens is 1. The van der Waals surface area contributed by atoms with Gasteiger partial charge in [-0.2, -0.15) is 12.1 Å². The molecule has 0 spiro atoms. The quantitative estimate of drug-likeness (QED) is 0.242. The molecule has 138 valence electrons. The van der Waals surface area contributed by atoms with E-state index >= 15 is 0 Å². The van der Waals surface area contributed by atoms with E-state index in [1.165, 1.54) is 22.1 Å². The number of fused-ring (bicyclic) bond motifs is 1. The first kappa shape index (κ1) is 18.8. The van der Waals surface area contributed by atoms with E-state index < -0.39 is 0 Å². The number of pyridine rings is 1. The van der Waals surface area contributed by atoms with E-state index in [1.807, 2.05) is 48.5 Å². The molecule has 1 aromatic heterocycles. The van der Waals surface area contributed by atoms with Gasteiger partial charge in [0, 0.05) is 17.1 Å². The van der Waals surface area contributed by atoms with E-state index in [9.17, 15) is 0 Å². The summed E-state index contributed by atoms with van der Waals surface area (Å²) in [6.07, 6.45) is 0. The van der Waals surface area contributed by atoms with Crippen molar-refractivity contribution in [2.24, 2.45) is 0 Å². The third-order valence-corrected chi connectivity index (χ3v) is 4.31. The first-order valence-corrected chi connectivity index (χ1v) is 8.75. The molecule has 0 aliphatic rings. The van der Waals surface area contributed by atoms with Gasteiger partial charge in [0.25, 0.3) is 0 Å². The Hall–Kier alpha value is -2.93. The zero-order valence-electron chi connectivity index (χ0n) is 14.8. The SMILES string of the molecule is [Fe].[cH-]1[cH-][cH-][cH-][cH-]1.c1ccc(-c2ccc3nc(-[c-]4cccc4)ccc3c2)cc1. The fourth-order valence-corrected chi connectivity index (χ4v) is 2.96. The van der Waals surface area contributed by atoms with Gasteiger partial charge in [0.2, 0.25) is 0 Å². The summed E-state index contributed by atoms with van der Waals surface area (Å²) in [6, 6.07) is 39.4. The van der Waals surface area contributed by atoms with E-state index in [2.05, 4.69) is 66.7 Å². The average Bonchev–Trinajstić information content (AvgIpc) is 3.44. The number of hydrogen-bond donors (Lipinski definition) is 0. The average molecular weight is 389 g/mol. The zero-order valence-corrected chi connectivity index (χ0v) is 15.9. The summed E-state index contributed by atoms with van der Waals surface area (Å²) in [5.74, 6) is 0. The molecule has 0 N–H and O–H groups in total. The van der Waals surface area contributed by atoms with Gasteiger partial charge < -0.3 is 30.3 Å². The maximum Gasteiger partial charge on any atom is 0.0682 e. The van der Waals surface area contributed by atoms with Gasteiger partial charge in [0.15, 0.2) is 0 Å². The smallest absolute Gasteiger partial charge is 0.0682 e. The number of hydrogen-bond acceptors (Lipinski definition) is 1. The Morgan fingerprint density at radius 3 is 1.96 bits per heavy atom. The second kappa shape index (κ2) is 9.14. The topological polar surface area (TPSA) is 12.9 Å². The van der Waals surface area contributed by atoms with Crippen LogP contribution in [0.5, 0.6) is 0 Å². The molecule has 0 radical (unpaired) electrons. The molecular formula is C25H19FeN-6. The van der Waals surface area contributed by atoms with Crippen LogP contribution < -0.4 is 0 Å². The Morgan fingerprint density at radius 2 is 1.30 bits per heavy atom. The molecule has 0 aliphatic carbocycles. The van der Waals surface area contributed by atoms with Gasteiger partial charge >= 0.3 is 0 Å². The molecule has 0 saturated heterocycles. The van der Waals surface area contributed by atoms with Crippen LogP contribution >= 0.6 is 0 Å². The monoisotopic (exact) mass is 389 g/mol. The summed E-state index contributed by atoms with van der Waals surface area (Å²) in [5, 5.41) is 1.17. The minimum Gasteiger partial charge on any atom is -0.748 e. The molecule has 0 bridgehead atoms. The van der Waals surface area contributed by atoms with E-state index in [1.54, 1.807) is 0 Å². The Balaban J connectivity index is 0.000000306. The molecule has 0 amide bonds. The first-order valence-electron chi connectivity index (χ1n) is 8.75. The van der Waals surface area contributed by atoms with Crippen molar-refractivity contribution in [2.75, 3.05) is 0 Å². The van der Waals surface area contributed by atoms with E-state index in [0.717, 1.165) is 11.2 Å². The molecular weight excluding hydrogens is 370 g/mol. The van der Waals surface area contributed by atoms with Crippen LogP contribution in [0.15, 0.2) is 115 Å². The Kier molecular flexibility index (Phi) is 6.38. The van der Waals surface area contributed by atoms with Crippen LogP contribution in [0.2, 0.25) is 0 Å². The van der Waals surface area contributed by atoms with Gasteiger partial charge in [-0.05, 0) is 34.3 Å². The minimum atomic E-state index is 0. The van der Waals surface area contributed by atoms with Crippen LogP contribution in [0.25, 0.3) is 33.3 Å². The van der Waals surface area contributed by atoms with Gasteiger partial charge in [0.1, 0.15) is 0 Å². The molecule has 2 heteroatoms. The molecule has 5 aromatic rings. The Morgan fingerprint density at radius 1 is 0.630 bits per heavy atom. The molecule has 0 saturated carbocycles. The third kappa shape index (κ3) is 4.62. The maximum atomic E-state index is 4.75. The van der Waals surface area contributed by atoms with E-state index in [-0.39, 0.29) is 17.1 Å². The van der Waals surface area contributed by atoms with Gasteiger partial charge in [-0.1, -0.05) is 48.0 Å². The molecule has 0 fully saturated rings. The van der Waals surface area contributed by atoms with Crippen molar-refractivity contribution in [3.05, 3.63) is 115 Å². The zero-order chi connectivity index (χ0) is 17.6. The summed E-state index contributed by atoms with van der Waals surface area (Å²) >= 11 is 0. The summed E-state index contributed by atoms with van der Waals surface area (Å²) < 4.78 is 0. The second-order valence-corrected chi connectivity index (χ2v) is 6.11. The van der Waals surface area contributed by atoms with E-state index in [4.69, 9.17) is 4.98 Å². The third-order valence-electron chi connectivity index (χ3n) is 4.31. The number of rotatable bonds is 2. The number of nitrogens with zero attached hydrogens (tertiary/aromatic N) is 1. The van der Waals surface area contributed by atoms with Crippen LogP contribution in [0.1, 0.15) is 0 Å². The Labute approximate surface area is 170 Å². The van der Waals surface area contributed by atoms with Crippen LogP contribution in [0, 0.1) is 0 Å². The van der Waals surface area contributed by atoms with Crippen LogP contribution in [0.4, 0.5) is 0 Å². The minimum absolute atomic E-state index is 0. The summed E-state index contributed by atoms with van der Waals surface area (Å²) in [6.45, 7) is 0. The van der Waals surface area contributed by atoms with Gasteiger partial charge in [0.05, 0.1) is 5.52 Å². The molecule has 0 aliphatic heterocycles. The largest absolute Gasteiger partial charge is 0.748 e. The van der Waals surface area contributed by atoms with Crippen molar-refractivity contribution < 1.29 is 17.1 Å². The van der Waals surface area contributed by atoms with Crippen molar-refractivity contribution in [3.63, 3.8) is 0 Å². The number of benzene rings is 2. The predicted molar refractivity (Wildman–Crippen MR) is 110 cm³/mol. The van der Waals surface area contributed by atoms with Gasteiger partial charge in [-0.15, -0.1) is 18.2 Å². The molecule has 1 heterocycles. The molecule has 27 heavy (non-hydrogen) atoms. The molecule has 0 unspecified atom stereocenters. The maximum absolute atomic E-state index is 4.75. The first-order chi connectivity index (χ1) is 12.9. The molecule has 1 nitrogen and oxygen atoms in total. The standard InChI is InChI=1S/C20H14N.C5H5.Fe/c1-2-6-15(7-3-1)17-10-12-20-18(14-17)11-13-19(21-20)16-8-4-5-9-16;1-2-4-5-3-1;/h1-14H;1-5H;/q-1;-5;. The summed E-state index contributed by atoms with van der Waals surface area (Å²) in [5.41, 5.74) is 5.70. The van der Waals surface area contributed by atoms with Crippen LogP contribution in [-0.4, -0.2) is 4.98 Å². The van der Waals surface area contributed by atoms with Gasteiger partial charge in [-0.25, -0.2) is 0 Å². The summed E-state index contributed by atoms with van der Waals surface area (Å²) in [7, 11) is 0. The fraction of sp³-hybridized carbons (Fsp3) is 0. The van der Waals surface area contributed by atoms with Crippen molar-refractivity contribution in [1.82, 2.24) is 4.98 Å². The van der Waals surface area contributed by atoms with Crippen LogP contribution in [0.3, 0.4) is 0 Å². The molecule has 5 rings (SSSR count). The normalized spacial score (nSPS) is 9.93.